The molecule has 0 aliphatic carbocycles. The van der Waals surface area contributed by atoms with Crippen LogP contribution >= 0.6 is 0 Å². The summed E-state index contributed by atoms with van der Waals surface area (Å²) in [6.07, 6.45) is 6.92. The van der Waals surface area contributed by atoms with Gasteiger partial charge in [0, 0.05) is 30.6 Å². The van der Waals surface area contributed by atoms with Crippen molar-refractivity contribution in [2.24, 2.45) is 5.41 Å². The lowest BCUT2D eigenvalue weighted by atomic mass is 9.69. The number of benzene rings is 2. The molecular weight excluding hydrogens is 500 g/mol. The number of hydrogen-bond acceptors (Lipinski definition) is 5. The minimum absolute atomic E-state index is 0.0395. The van der Waals surface area contributed by atoms with Crippen LogP contribution in [0.3, 0.4) is 0 Å². The number of aromatic hydroxyl groups is 1. The van der Waals surface area contributed by atoms with Crippen LogP contribution in [0, 0.1) is 5.41 Å². The van der Waals surface area contributed by atoms with Crippen LogP contribution in [-0.2, 0) is 10.8 Å². The first-order chi connectivity index (χ1) is 18.5. The fourth-order valence-electron chi connectivity index (χ4n) is 5.49. The summed E-state index contributed by atoms with van der Waals surface area (Å²) in [5, 5.41) is 21.0. The molecule has 0 saturated heterocycles. The van der Waals surface area contributed by atoms with E-state index in [1.165, 1.54) is 9.70 Å². The van der Waals surface area contributed by atoms with Crippen molar-refractivity contribution in [1.29, 1.82) is 0 Å². The summed E-state index contributed by atoms with van der Waals surface area (Å²) in [6.45, 7) is 22.9. The number of carbonyl (C=O) groups is 2. The highest BCUT2D eigenvalue weighted by atomic mass is 16.3. The molecule has 2 aromatic carbocycles. The molecule has 0 aliphatic heterocycles. The molecule has 0 atom stereocenters. The van der Waals surface area contributed by atoms with Crippen molar-refractivity contribution in [3.05, 3.63) is 83.5 Å². The lowest BCUT2D eigenvalue weighted by Gasteiger charge is -2.35. The van der Waals surface area contributed by atoms with E-state index in [1.807, 2.05) is 26.0 Å². The number of nitrogens with zero attached hydrogens (tertiary/aromatic N) is 4. The average Bonchev–Trinajstić information content (AvgIpc) is 3.26. The van der Waals surface area contributed by atoms with Gasteiger partial charge in [-0.3, -0.25) is 9.59 Å². The van der Waals surface area contributed by atoms with Crippen LogP contribution in [0.2, 0.25) is 0 Å². The van der Waals surface area contributed by atoms with Gasteiger partial charge in [-0.1, -0.05) is 85.9 Å². The van der Waals surface area contributed by atoms with E-state index < -0.39 is 5.41 Å². The number of rotatable bonds is 9. The fourth-order valence-corrected chi connectivity index (χ4v) is 5.49. The van der Waals surface area contributed by atoms with Gasteiger partial charge in [-0.2, -0.15) is 0 Å². The van der Waals surface area contributed by atoms with E-state index in [2.05, 4.69) is 64.0 Å². The largest absolute Gasteiger partial charge is 0.505 e. The first-order valence-corrected chi connectivity index (χ1v) is 13.4. The highest BCUT2D eigenvalue weighted by Crippen LogP contribution is 2.45. The van der Waals surface area contributed by atoms with E-state index in [1.54, 1.807) is 38.4 Å². The van der Waals surface area contributed by atoms with Gasteiger partial charge < -0.3 is 10.0 Å². The molecule has 0 saturated carbocycles. The Balaban J connectivity index is 2.37. The zero-order valence-corrected chi connectivity index (χ0v) is 25.3. The number of aldehydes is 1. The Hall–Kier alpha value is -4.00. The van der Waals surface area contributed by atoms with Crippen LogP contribution in [0.25, 0.3) is 16.7 Å². The topological polar surface area (TPSA) is 88.3 Å². The number of carbonyl (C=O) groups excluding carboxylic acids is 2. The van der Waals surface area contributed by atoms with Crippen molar-refractivity contribution in [3.8, 4) is 11.4 Å². The minimum atomic E-state index is -0.620. The molecule has 1 heterocycles. The van der Waals surface area contributed by atoms with Gasteiger partial charge in [-0.05, 0) is 46.6 Å². The van der Waals surface area contributed by atoms with E-state index >= 15 is 0 Å². The van der Waals surface area contributed by atoms with Gasteiger partial charge in [-0.15, -0.1) is 15.0 Å². The van der Waals surface area contributed by atoms with Crippen LogP contribution in [0.4, 0.5) is 0 Å². The second kappa shape index (κ2) is 10.9. The molecule has 0 radical (unpaired) electrons. The molecule has 3 rings (SSSR count). The molecule has 40 heavy (non-hydrogen) atoms. The van der Waals surface area contributed by atoms with E-state index in [0.717, 1.165) is 17.6 Å². The van der Waals surface area contributed by atoms with Gasteiger partial charge in [0.15, 0.2) is 6.29 Å². The van der Waals surface area contributed by atoms with Gasteiger partial charge in [-0.25, -0.2) is 0 Å². The molecule has 0 spiro atoms. The van der Waals surface area contributed by atoms with Gasteiger partial charge in [0.1, 0.15) is 22.5 Å². The van der Waals surface area contributed by atoms with Crippen LogP contribution in [0.1, 0.15) is 86.7 Å². The zero-order valence-electron chi connectivity index (χ0n) is 25.3. The van der Waals surface area contributed by atoms with E-state index in [4.69, 9.17) is 0 Å². The Bertz CT molecular complexity index is 1510. The molecule has 1 N–H and O–H groups in total. The third-order valence-electron chi connectivity index (χ3n) is 7.29. The van der Waals surface area contributed by atoms with Crippen LogP contribution in [0.15, 0.2) is 61.2 Å². The van der Waals surface area contributed by atoms with E-state index in [-0.39, 0.29) is 33.6 Å². The van der Waals surface area contributed by atoms with Crippen LogP contribution in [0.5, 0.6) is 5.75 Å². The summed E-state index contributed by atoms with van der Waals surface area (Å²) in [5.41, 5.74) is 3.59. The average molecular weight is 543 g/mol. The molecule has 0 fully saturated rings. The lowest BCUT2D eigenvalue weighted by Crippen LogP contribution is -2.27. The molecule has 0 bridgehead atoms. The van der Waals surface area contributed by atoms with E-state index in [0.29, 0.717) is 28.6 Å². The molecule has 212 valence electrons. The Morgan fingerprint density at radius 1 is 1.00 bits per heavy atom. The predicted octanol–water partition coefficient (Wildman–Crippen LogP) is 6.93. The Kier molecular flexibility index (Phi) is 8.30. The maximum Gasteiger partial charge on any atom is 0.254 e. The number of phenols is 1. The molecule has 0 aliphatic rings. The maximum atomic E-state index is 12.7. The number of aromatic nitrogens is 3. The number of allylic oxidation sites excluding steroid dienone is 4. The first-order valence-electron chi connectivity index (χ1n) is 13.4. The third kappa shape index (κ3) is 5.93. The molecule has 1 aromatic heterocycles. The van der Waals surface area contributed by atoms with Gasteiger partial charge in [0.25, 0.3) is 5.91 Å². The third-order valence-corrected chi connectivity index (χ3v) is 7.29. The second-order valence-electron chi connectivity index (χ2n) is 12.9. The van der Waals surface area contributed by atoms with Gasteiger partial charge in [0.05, 0.1) is 5.56 Å². The maximum absolute atomic E-state index is 12.7. The fraction of sp³-hybridized carbons (Fsp3) is 0.394. The SMILES string of the molecule is C=C/C=C(\C=C)C(C)(C)c1cc(C(C)(C)CC(C)(C)C)cc(-n2nc3cc(C=O)c(C(=O)N(C)C)cc3n2)c1O. The van der Waals surface area contributed by atoms with Crippen molar-refractivity contribution in [3.63, 3.8) is 0 Å². The predicted molar refractivity (Wildman–Crippen MR) is 163 cm³/mol. The molecular formula is C33H42N4O3. The standard InChI is InChI=1S/C33H42N4O3/c1-12-14-22(13-2)33(8,9)25-16-23(32(6,7)20-31(3,4)5)17-28(29(25)39)37-34-26-15-21(19-38)24(18-27(26)35-37)30(40)36(10)11/h12-19,39H,1-2,20H2,3-11H3/b22-14+. The summed E-state index contributed by atoms with van der Waals surface area (Å²) >= 11 is 0. The first kappa shape index (κ1) is 30.5. The van der Waals surface area contributed by atoms with E-state index in [9.17, 15) is 14.7 Å². The van der Waals surface area contributed by atoms with Crippen molar-refractivity contribution in [2.45, 2.75) is 65.7 Å². The summed E-state index contributed by atoms with van der Waals surface area (Å²) in [5.74, 6) is -0.264. The Labute approximate surface area is 237 Å². The minimum Gasteiger partial charge on any atom is -0.505 e. The van der Waals surface area contributed by atoms with Gasteiger partial charge >= 0.3 is 0 Å². The number of fused-ring (bicyclic) bond motifs is 1. The monoisotopic (exact) mass is 542 g/mol. The number of phenolic OH excluding ortho intramolecular Hbond substituents is 1. The number of amides is 1. The summed E-state index contributed by atoms with van der Waals surface area (Å²) < 4.78 is 0. The second-order valence-corrected chi connectivity index (χ2v) is 12.9. The molecule has 1 amide bonds. The molecule has 7 nitrogen and oxygen atoms in total. The van der Waals surface area contributed by atoms with Gasteiger partial charge in [0.2, 0.25) is 0 Å². The molecule has 3 aromatic rings. The summed E-state index contributed by atoms with van der Waals surface area (Å²) in [7, 11) is 3.25. The summed E-state index contributed by atoms with van der Waals surface area (Å²) in [4.78, 5) is 27.3. The zero-order chi connectivity index (χ0) is 30.2. The number of hydrogen-bond donors (Lipinski definition) is 1. The highest BCUT2D eigenvalue weighted by molar-refractivity contribution is 6.04. The normalized spacial score (nSPS) is 12.9. The van der Waals surface area contributed by atoms with Crippen molar-refractivity contribution < 1.29 is 14.7 Å². The van der Waals surface area contributed by atoms with Crippen LogP contribution in [-0.4, -0.2) is 51.3 Å². The highest BCUT2D eigenvalue weighted by Gasteiger charge is 2.34. The Morgan fingerprint density at radius 2 is 1.60 bits per heavy atom. The quantitative estimate of drug-likeness (QED) is 0.234. The van der Waals surface area contributed by atoms with Crippen LogP contribution < -0.4 is 0 Å². The van der Waals surface area contributed by atoms with Crippen molar-refractivity contribution in [2.75, 3.05) is 14.1 Å². The molecule has 7 heteroatoms. The van der Waals surface area contributed by atoms with Crippen molar-refractivity contribution >= 4 is 23.2 Å². The van der Waals surface area contributed by atoms with Crippen molar-refractivity contribution in [1.82, 2.24) is 19.9 Å². The summed E-state index contributed by atoms with van der Waals surface area (Å²) in [6, 6.07) is 7.12. The lowest BCUT2D eigenvalue weighted by molar-refractivity contribution is 0.0824. The molecule has 0 unspecified atom stereocenters. The Morgan fingerprint density at radius 3 is 2.10 bits per heavy atom. The smallest absolute Gasteiger partial charge is 0.254 e.